The molecule has 0 amide bonds. The number of carbonyl (C=O) groups excluding carboxylic acids is 1. The third-order valence-corrected chi connectivity index (χ3v) is 3.11. The monoisotopic (exact) mass is 377 g/mol. The van der Waals surface area contributed by atoms with Crippen molar-refractivity contribution in [2.75, 3.05) is 6.61 Å². The Morgan fingerprint density at radius 1 is 1.53 bits per heavy atom. The molecule has 7 heteroatoms. The van der Waals surface area contributed by atoms with Crippen LogP contribution in [0.5, 0.6) is 5.75 Å². The van der Waals surface area contributed by atoms with Gasteiger partial charge in [0.1, 0.15) is 11.6 Å². The van der Waals surface area contributed by atoms with Crippen LogP contribution in [0.15, 0.2) is 16.9 Å². The van der Waals surface area contributed by atoms with Crippen LogP contribution in [0.3, 0.4) is 0 Å². The molecule has 0 aliphatic rings. The van der Waals surface area contributed by atoms with E-state index in [1.165, 1.54) is 12.1 Å². The van der Waals surface area contributed by atoms with E-state index < -0.39 is 28.7 Å². The van der Waals surface area contributed by atoms with Gasteiger partial charge in [0.2, 0.25) is 0 Å². The van der Waals surface area contributed by atoms with Crippen LogP contribution in [0, 0.1) is 9.39 Å². The number of aromatic nitrogens is 1. The number of fused-ring (bicyclic) bond motifs is 1. The Bertz CT molecular complexity index is 726. The standard InChI is InChI=1S/C12H9FINO4/c1-2-19-12(18)8-10(16)6-3-5(14)4-7(13)9(6)15-11(8)17/h3-4H,2H2,1H3,(H2,15,16,17). The molecule has 0 unspecified atom stereocenters. The fourth-order valence-corrected chi connectivity index (χ4v) is 2.28. The van der Waals surface area contributed by atoms with E-state index in [9.17, 15) is 19.1 Å². The molecule has 0 bridgehead atoms. The molecule has 1 aromatic heterocycles. The van der Waals surface area contributed by atoms with Gasteiger partial charge in [0, 0.05) is 8.96 Å². The van der Waals surface area contributed by atoms with Gasteiger partial charge < -0.3 is 14.8 Å². The number of benzene rings is 1. The summed E-state index contributed by atoms with van der Waals surface area (Å²) in [6.07, 6.45) is 0. The minimum absolute atomic E-state index is 0.0621. The van der Waals surface area contributed by atoms with Crippen molar-refractivity contribution < 1.29 is 19.0 Å². The maximum absolute atomic E-state index is 13.7. The van der Waals surface area contributed by atoms with E-state index in [1.54, 1.807) is 6.92 Å². The number of carbonyl (C=O) groups is 1. The maximum Gasteiger partial charge on any atom is 0.347 e. The number of halogens is 2. The number of nitrogens with one attached hydrogen (secondary N) is 1. The molecule has 1 aromatic carbocycles. The molecule has 0 saturated carbocycles. The molecule has 2 rings (SSSR count). The van der Waals surface area contributed by atoms with Gasteiger partial charge in [0.15, 0.2) is 5.56 Å². The van der Waals surface area contributed by atoms with Crippen molar-refractivity contribution in [3.63, 3.8) is 0 Å². The topological polar surface area (TPSA) is 79.4 Å². The van der Waals surface area contributed by atoms with Crippen molar-refractivity contribution in [2.45, 2.75) is 6.92 Å². The number of aromatic hydroxyl groups is 1. The predicted molar refractivity (Wildman–Crippen MR) is 74.9 cm³/mol. The number of rotatable bonds is 2. The van der Waals surface area contributed by atoms with Crippen molar-refractivity contribution >= 4 is 39.5 Å². The van der Waals surface area contributed by atoms with Crippen molar-refractivity contribution in [3.05, 3.63) is 37.4 Å². The number of hydrogen-bond acceptors (Lipinski definition) is 4. The first-order valence-electron chi connectivity index (χ1n) is 5.36. The molecule has 0 aliphatic heterocycles. The normalized spacial score (nSPS) is 10.7. The minimum atomic E-state index is -0.942. The zero-order chi connectivity index (χ0) is 14.2. The van der Waals surface area contributed by atoms with E-state index in [2.05, 4.69) is 9.72 Å². The highest BCUT2D eigenvalue weighted by atomic mass is 127. The molecular formula is C12H9FINO4. The summed E-state index contributed by atoms with van der Waals surface area (Å²) in [5.74, 6) is -2.19. The molecule has 0 spiro atoms. The zero-order valence-electron chi connectivity index (χ0n) is 9.79. The molecule has 0 aliphatic carbocycles. The van der Waals surface area contributed by atoms with Crippen molar-refractivity contribution in [1.82, 2.24) is 4.98 Å². The highest BCUT2D eigenvalue weighted by Crippen LogP contribution is 2.28. The Balaban J connectivity index is 2.82. The van der Waals surface area contributed by atoms with E-state index in [4.69, 9.17) is 0 Å². The van der Waals surface area contributed by atoms with Gasteiger partial charge in [0.25, 0.3) is 5.56 Å². The Kier molecular flexibility index (Phi) is 3.74. The van der Waals surface area contributed by atoms with Gasteiger partial charge in [-0.1, -0.05) is 0 Å². The first-order valence-corrected chi connectivity index (χ1v) is 6.44. The molecule has 0 atom stereocenters. The second kappa shape index (κ2) is 5.16. The molecule has 2 aromatic rings. The quantitative estimate of drug-likeness (QED) is 0.621. The lowest BCUT2D eigenvalue weighted by Crippen LogP contribution is -2.20. The van der Waals surface area contributed by atoms with Crippen LogP contribution >= 0.6 is 22.6 Å². The van der Waals surface area contributed by atoms with Crippen LogP contribution in [0.4, 0.5) is 4.39 Å². The molecule has 5 nitrogen and oxygen atoms in total. The Hall–Kier alpha value is -1.64. The Morgan fingerprint density at radius 2 is 2.21 bits per heavy atom. The molecular weight excluding hydrogens is 368 g/mol. The van der Waals surface area contributed by atoms with Gasteiger partial charge in [-0.2, -0.15) is 0 Å². The molecule has 0 radical (unpaired) electrons. The van der Waals surface area contributed by atoms with Gasteiger partial charge in [0.05, 0.1) is 12.1 Å². The molecule has 1 heterocycles. The summed E-state index contributed by atoms with van der Waals surface area (Å²) in [7, 11) is 0. The van der Waals surface area contributed by atoms with Gasteiger partial charge in [-0.05, 0) is 41.6 Å². The number of pyridine rings is 1. The van der Waals surface area contributed by atoms with E-state index in [1.807, 2.05) is 22.6 Å². The summed E-state index contributed by atoms with van der Waals surface area (Å²) in [4.78, 5) is 25.6. The summed E-state index contributed by atoms with van der Waals surface area (Å²) < 4.78 is 18.9. The largest absolute Gasteiger partial charge is 0.506 e. The molecule has 100 valence electrons. The number of hydrogen-bond donors (Lipinski definition) is 2. The lowest BCUT2D eigenvalue weighted by atomic mass is 10.1. The summed E-state index contributed by atoms with van der Waals surface area (Å²) in [5.41, 5.74) is -1.55. The fraction of sp³-hybridized carbons (Fsp3) is 0.167. The van der Waals surface area contributed by atoms with Crippen LogP contribution in [0.2, 0.25) is 0 Å². The lowest BCUT2D eigenvalue weighted by Gasteiger charge is -2.08. The highest BCUT2D eigenvalue weighted by molar-refractivity contribution is 14.1. The van der Waals surface area contributed by atoms with Crippen molar-refractivity contribution in [3.8, 4) is 5.75 Å². The number of ether oxygens (including phenoxy) is 1. The zero-order valence-corrected chi connectivity index (χ0v) is 11.9. The van der Waals surface area contributed by atoms with Gasteiger partial charge in [-0.3, -0.25) is 4.79 Å². The van der Waals surface area contributed by atoms with Crippen LogP contribution < -0.4 is 5.56 Å². The Labute approximate surface area is 120 Å². The first-order chi connectivity index (χ1) is 8.95. The van der Waals surface area contributed by atoms with E-state index >= 15 is 0 Å². The number of esters is 1. The van der Waals surface area contributed by atoms with Crippen LogP contribution in [-0.4, -0.2) is 22.7 Å². The van der Waals surface area contributed by atoms with Crippen LogP contribution in [0.1, 0.15) is 17.3 Å². The van der Waals surface area contributed by atoms with Gasteiger partial charge in [-0.15, -0.1) is 0 Å². The van der Waals surface area contributed by atoms with E-state index in [0.29, 0.717) is 3.57 Å². The third kappa shape index (κ3) is 2.42. The molecule has 0 saturated heterocycles. The second-order valence-corrected chi connectivity index (χ2v) is 4.95. The fourth-order valence-electron chi connectivity index (χ4n) is 1.70. The van der Waals surface area contributed by atoms with E-state index in [-0.39, 0.29) is 17.5 Å². The summed E-state index contributed by atoms with van der Waals surface area (Å²) in [6.45, 7) is 1.64. The lowest BCUT2D eigenvalue weighted by molar-refractivity contribution is 0.0521. The maximum atomic E-state index is 13.7. The average molecular weight is 377 g/mol. The SMILES string of the molecule is CCOC(=O)c1c(O)c2cc(I)cc(F)c2[nH]c1=O. The molecule has 19 heavy (non-hydrogen) atoms. The third-order valence-electron chi connectivity index (χ3n) is 2.49. The predicted octanol–water partition coefficient (Wildman–Crippen LogP) is 2.15. The molecule has 2 N–H and O–H groups in total. The average Bonchev–Trinajstić information content (AvgIpc) is 2.31. The molecule has 0 fully saturated rings. The smallest absolute Gasteiger partial charge is 0.347 e. The van der Waals surface area contributed by atoms with E-state index in [0.717, 1.165) is 0 Å². The van der Waals surface area contributed by atoms with Gasteiger partial charge >= 0.3 is 5.97 Å². The number of H-pyrrole nitrogens is 1. The second-order valence-electron chi connectivity index (χ2n) is 3.71. The number of aromatic amines is 1. The van der Waals surface area contributed by atoms with Gasteiger partial charge in [-0.25, -0.2) is 9.18 Å². The van der Waals surface area contributed by atoms with Crippen LogP contribution in [0.25, 0.3) is 10.9 Å². The van der Waals surface area contributed by atoms with Crippen LogP contribution in [-0.2, 0) is 4.74 Å². The summed E-state index contributed by atoms with van der Waals surface area (Å²) in [5, 5.41) is 10.0. The van der Waals surface area contributed by atoms with Crippen molar-refractivity contribution in [2.24, 2.45) is 0 Å². The minimum Gasteiger partial charge on any atom is -0.506 e. The van der Waals surface area contributed by atoms with Crippen molar-refractivity contribution in [1.29, 1.82) is 0 Å². The first kappa shape index (κ1) is 13.8. The summed E-state index contributed by atoms with van der Waals surface area (Å²) in [6, 6.07) is 2.68. The highest BCUT2D eigenvalue weighted by Gasteiger charge is 2.21. The Morgan fingerprint density at radius 3 is 2.84 bits per heavy atom. The summed E-state index contributed by atoms with van der Waals surface area (Å²) >= 11 is 1.87.